The van der Waals surface area contributed by atoms with Gasteiger partial charge in [-0.05, 0) is 59.7 Å². The highest BCUT2D eigenvalue weighted by Gasteiger charge is 2.35. The number of esters is 3. The number of aliphatic hydroxyl groups is 2. The molecule has 0 radical (unpaired) electrons. The van der Waals surface area contributed by atoms with E-state index in [4.69, 9.17) is 24.4 Å². The number of amides is 6. The first kappa shape index (κ1) is 75.2. The smallest absolute Gasteiger partial charge is 0.309 e. The van der Waals surface area contributed by atoms with E-state index in [0.29, 0.717) is 71.5 Å². The lowest BCUT2D eigenvalue weighted by Gasteiger charge is -2.37. The number of carboxylic acids is 2. The van der Waals surface area contributed by atoms with Gasteiger partial charge in [-0.25, -0.2) is 0 Å². The number of likely N-dealkylation sites (N-methyl/N-ethyl adjacent to an activating group) is 3. The van der Waals surface area contributed by atoms with Crippen molar-refractivity contribution in [1.82, 2.24) is 45.3 Å². The van der Waals surface area contributed by atoms with Gasteiger partial charge in [0.2, 0.25) is 35.4 Å². The van der Waals surface area contributed by atoms with Gasteiger partial charge in [0.1, 0.15) is 36.4 Å². The van der Waals surface area contributed by atoms with Crippen LogP contribution in [0.4, 0.5) is 0 Å². The molecule has 84 heavy (non-hydrogen) atoms. The van der Waals surface area contributed by atoms with Crippen molar-refractivity contribution in [3.8, 4) is 0 Å². The van der Waals surface area contributed by atoms with Crippen molar-refractivity contribution in [1.29, 1.82) is 0 Å². The van der Waals surface area contributed by atoms with Gasteiger partial charge in [-0.2, -0.15) is 0 Å². The van der Waals surface area contributed by atoms with Gasteiger partial charge in [0.05, 0.1) is 51.7 Å². The van der Waals surface area contributed by atoms with Crippen LogP contribution in [-0.2, 0) is 67.0 Å². The Hall–Kier alpha value is -6.81. The predicted molar refractivity (Wildman–Crippen MR) is 308 cm³/mol. The Balaban J connectivity index is 0.000000632. The van der Waals surface area contributed by atoms with Crippen LogP contribution in [0.1, 0.15) is 119 Å². The summed E-state index contributed by atoms with van der Waals surface area (Å²) in [6, 6.07) is -1.95. The van der Waals surface area contributed by atoms with Crippen LogP contribution in [0.5, 0.6) is 0 Å². The van der Waals surface area contributed by atoms with Crippen LogP contribution < -0.4 is 16.0 Å². The third-order valence-electron chi connectivity index (χ3n) is 13.6. The van der Waals surface area contributed by atoms with Crippen molar-refractivity contribution in [2.45, 2.75) is 161 Å². The number of carbonyl (C=O) groups is 11. The predicted octanol–water partition coefficient (Wildman–Crippen LogP) is 0.420. The fourth-order valence-electron chi connectivity index (χ4n) is 8.78. The molecule has 0 aromatic heterocycles. The molecule has 2 unspecified atom stereocenters. The molecular weight excluding hydrogens is 1100 g/mol. The summed E-state index contributed by atoms with van der Waals surface area (Å²) in [5.74, 6) is -4.64. The number of nitrogens with one attached hydrogen (secondary N) is 3. The van der Waals surface area contributed by atoms with Crippen molar-refractivity contribution in [2.75, 3.05) is 99.7 Å². The number of piperazine rings is 3. The van der Waals surface area contributed by atoms with E-state index < -0.39 is 66.4 Å². The lowest BCUT2D eigenvalue weighted by molar-refractivity contribution is -0.154. The first-order chi connectivity index (χ1) is 39.8. The molecule has 27 heteroatoms. The van der Waals surface area contributed by atoms with E-state index in [2.05, 4.69) is 16.0 Å². The van der Waals surface area contributed by atoms with Crippen LogP contribution in [-0.4, -0.2) is 258 Å². The minimum absolute atomic E-state index is 0.000140. The monoisotopic (exact) mass is 1190 g/mol. The fraction of sp³-hybridized carbons (Fsp3) is 0.702. The molecule has 0 bridgehead atoms. The van der Waals surface area contributed by atoms with Crippen molar-refractivity contribution < 1.29 is 87.4 Å². The van der Waals surface area contributed by atoms with Gasteiger partial charge in [0, 0.05) is 65.3 Å². The molecule has 476 valence electrons. The standard InChI is InChI=1S/C19H31N3O8.C19H31N3O6.C19H33N3O4/c1-3-13(10-16(24)25)30-18(28)6-4-5-7-20-19(29)14(11-17(26)27)22-9-8-21(2)12-15(22)23;1-4-14(12-17(24)25)28-18(26)8-6-7-9-20-19(27)15(5-2)22-11-10-21(3)13-16(22)23;1-5-15(6-2)26-18(24)10-8-9-11-20-19(25)16(7-3)22-13-12-21(4)14-17(22)23/h4-5,13-14,17,26-27H,3,6-12H2,1-2H3,(H,20,29)(H,24,25);6-7,14-15H,4-5,8-13H2,1-3H3,(H,20,27)(H,24,25);8-9,15-16H,5-7,10-14H2,1-4H3,(H,20,25)/b5-4+;7-6+;9-8+/t13?,14-;14?,15-;16-/m000/s1. The topological polar surface area (TPSA) is 352 Å². The minimum atomic E-state index is -1.74. The molecule has 3 heterocycles. The second-order valence-electron chi connectivity index (χ2n) is 20.5. The molecule has 3 fully saturated rings. The number of carboxylic acid groups (broad SMARTS) is 2. The zero-order valence-corrected chi connectivity index (χ0v) is 50.7. The Morgan fingerprint density at radius 1 is 0.440 bits per heavy atom. The van der Waals surface area contributed by atoms with E-state index in [0.717, 1.165) is 25.9 Å². The molecule has 7 N–H and O–H groups in total. The number of aliphatic hydroxyl groups excluding tert-OH is 1. The molecule has 0 aliphatic carbocycles. The number of nitrogens with zero attached hydrogens (tertiary/aromatic N) is 6. The Labute approximate surface area is 494 Å². The van der Waals surface area contributed by atoms with Gasteiger partial charge in [-0.15, -0.1) is 0 Å². The van der Waals surface area contributed by atoms with Gasteiger partial charge in [0.15, 0.2) is 6.29 Å². The zero-order valence-electron chi connectivity index (χ0n) is 50.7. The molecule has 6 amide bonds. The average molecular weight is 1190 g/mol. The molecule has 5 atom stereocenters. The summed E-state index contributed by atoms with van der Waals surface area (Å²) in [6.45, 7) is 16.1. The molecule has 3 saturated heterocycles. The van der Waals surface area contributed by atoms with E-state index in [1.807, 2.05) is 56.5 Å². The third kappa shape index (κ3) is 30.7. The van der Waals surface area contributed by atoms with E-state index in [1.54, 1.807) is 55.0 Å². The highest BCUT2D eigenvalue weighted by molar-refractivity contribution is 5.90. The molecule has 3 aliphatic heterocycles. The Kier molecular flexibility index (Phi) is 37.7. The van der Waals surface area contributed by atoms with Crippen LogP contribution in [0.25, 0.3) is 0 Å². The van der Waals surface area contributed by atoms with Gasteiger partial charge in [0.25, 0.3) is 0 Å². The maximum atomic E-state index is 12.5. The molecule has 0 spiro atoms. The van der Waals surface area contributed by atoms with Crippen LogP contribution >= 0.6 is 0 Å². The number of hydrogen-bond donors (Lipinski definition) is 7. The van der Waals surface area contributed by atoms with Crippen molar-refractivity contribution in [3.05, 3.63) is 36.5 Å². The second kappa shape index (κ2) is 42.1. The van der Waals surface area contributed by atoms with Crippen molar-refractivity contribution >= 4 is 65.3 Å². The van der Waals surface area contributed by atoms with Crippen LogP contribution in [0, 0.1) is 0 Å². The summed E-state index contributed by atoms with van der Waals surface area (Å²) in [5.41, 5.74) is 0. The number of hydrogen-bond acceptors (Lipinski definition) is 19. The van der Waals surface area contributed by atoms with Gasteiger partial charge in [-0.1, -0.05) is 78.0 Å². The van der Waals surface area contributed by atoms with E-state index in [1.165, 1.54) is 17.1 Å². The van der Waals surface area contributed by atoms with E-state index in [-0.39, 0.29) is 99.8 Å². The lowest BCUT2D eigenvalue weighted by atomic mass is 10.1. The maximum absolute atomic E-state index is 12.5. The third-order valence-corrected chi connectivity index (χ3v) is 13.6. The first-order valence-corrected chi connectivity index (χ1v) is 28.9. The van der Waals surface area contributed by atoms with Crippen molar-refractivity contribution in [3.63, 3.8) is 0 Å². The molecule has 27 nitrogen and oxygen atoms in total. The van der Waals surface area contributed by atoms with Crippen LogP contribution in [0.3, 0.4) is 0 Å². The Morgan fingerprint density at radius 2 is 0.726 bits per heavy atom. The van der Waals surface area contributed by atoms with Gasteiger partial charge in [-0.3, -0.25) is 67.4 Å². The van der Waals surface area contributed by atoms with E-state index >= 15 is 0 Å². The van der Waals surface area contributed by atoms with Crippen molar-refractivity contribution in [2.24, 2.45) is 0 Å². The Bertz CT molecular complexity index is 2210. The molecule has 0 aromatic rings. The molecule has 0 saturated carbocycles. The number of rotatable bonds is 33. The largest absolute Gasteiger partial charge is 0.481 e. The fourth-order valence-corrected chi connectivity index (χ4v) is 8.78. The van der Waals surface area contributed by atoms with Crippen LogP contribution in [0.2, 0.25) is 0 Å². The average Bonchev–Trinajstić information content (AvgIpc) is 3.49. The van der Waals surface area contributed by atoms with Gasteiger partial charge >= 0.3 is 29.8 Å². The summed E-state index contributed by atoms with van der Waals surface area (Å²) in [6.07, 6.45) is 9.44. The second-order valence-corrected chi connectivity index (χ2v) is 20.5. The summed E-state index contributed by atoms with van der Waals surface area (Å²) < 4.78 is 15.5. The maximum Gasteiger partial charge on any atom is 0.309 e. The first-order valence-electron chi connectivity index (χ1n) is 28.9. The molecular formula is C57H95N9O18. The quantitative estimate of drug-likeness (QED) is 0.0203. The molecule has 3 rings (SSSR count). The highest BCUT2D eigenvalue weighted by atomic mass is 16.6. The summed E-state index contributed by atoms with van der Waals surface area (Å²) >= 11 is 0. The normalized spacial score (nSPS) is 17.2. The Morgan fingerprint density at radius 3 is 0.988 bits per heavy atom. The van der Waals surface area contributed by atoms with Gasteiger partial charge < -0.3 is 65.3 Å². The summed E-state index contributed by atoms with van der Waals surface area (Å²) in [7, 11) is 5.55. The zero-order chi connectivity index (χ0) is 63.3. The lowest BCUT2D eigenvalue weighted by Crippen LogP contribution is -2.58. The number of carbonyl (C=O) groups excluding carboxylic acids is 9. The molecule has 3 aliphatic rings. The highest BCUT2D eigenvalue weighted by Crippen LogP contribution is 2.15. The number of aliphatic carboxylic acids is 2. The number of ether oxygens (including phenoxy) is 3. The SMILES string of the molecule is CCC(CC(=O)O)OC(=O)C/C=C/CNC(=O)[C@H](CC(O)O)N1CCN(C)CC1=O.CCC(CC(=O)O)OC(=O)C/C=C/CNC(=O)[C@H](CC)N1CCN(C)CC1=O.CCC(CC)OC(=O)C/C=C/CNC(=O)[C@H](CC)N1CCN(C)CC1=O. The minimum Gasteiger partial charge on any atom is -0.481 e. The summed E-state index contributed by atoms with van der Waals surface area (Å²) in [5, 5.41) is 44.2. The van der Waals surface area contributed by atoms with E-state index in [9.17, 15) is 63.0 Å². The summed E-state index contributed by atoms with van der Waals surface area (Å²) in [4.78, 5) is 140. The molecule has 0 aromatic carbocycles. The van der Waals surface area contributed by atoms with Crippen LogP contribution in [0.15, 0.2) is 36.5 Å².